The number of Topliss-reactive ketones (excluding diaryl/α,β-unsaturated/α-hetero) is 1. The SMILES string of the molecule is CC1C=CC(C(O)CC(=O)CCc2c(O)cc3c4c2CSSCC25C=CC6C7=CN=C8CN(C=C78)C(O4)C(C#CC(O)c4ccc(c2c46)C(N)NC5)C2(C#CO3)CCCC2)C(O)C1. The molecule has 2 spiro atoms. The second-order valence-electron chi connectivity index (χ2n) is 18.9. The second-order valence-corrected chi connectivity index (χ2v) is 21.3. The summed E-state index contributed by atoms with van der Waals surface area (Å²) < 4.78 is 13.7. The number of aliphatic hydroxyl groups is 3. The smallest absolute Gasteiger partial charge is 0.187 e. The molecule has 63 heavy (non-hydrogen) atoms. The first-order valence-corrected chi connectivity index (χ1v) is 24.8. The van der Waals surface area contributed by atoms with Crippen molar-refractivity contribution in [2.24, 2.45) is 33.9 Å². The van der Waals surface area contributed by atoms with Crippen LogP contribution in [0, 0.1) is 47.0 Å². The van der Waals surface area contributed by atoms with E-state index in [0.717, 1.165) is 64.8 Å². The first-order valence-electron chi connectivity index (χ1n) is 22.4. The predicted octanol–water partition coefficient (Wildman–Crippen LogP) is 6.09. The Morgan fingerprint density at radius 3 is 2.83 bits per heavy atom. The molecule has 11 nitrogen and oxygen atoms in total. The fourth-order valence-corrected chi connectivity index (χ4v) is 14.3. The fourth-order valence-electron chi connectivity index (χ4n) is 11.7. The lowest BCUT2D eigenvalue weighted by molar-refractivity contribution is -0.122. The maximum atomic E-state index is 13.7. The molecular formula is C50H52N4O7S2. The molecule has 10 atom stereocenters. The Balaban J connectivity index is 1.07. The van der Waals surface area contributed by atoms with Crippen LogP contribution in [0.15, 0.2) is 71.0 Å². The number of nitrogens with one attached hydrogen (secondary N) is 1. The number of aromatic hydroxyl groups is 1. The van der Waals surface area contributed by atoms with Crippen LogP contribution in [-0.2, 0) is 22.4 Å². The van der Waals surface area contributed by atoms with Crippen LogP contribution >= 0.6 is 21.6 Å². The predicted molar refractivity (Wildman–Crippen MR) is 243 cm³/mol. The fraction of sp³-hybridized carbons (Fsp3) is 0.480. The minimum atomic E-state index is -1.11. The van der Waals surface area contributed by atoms with Gasteiger partial charge in [-0.15, -0.1) is 0 Å². The Morgan fingerprint density at radius 1 is 1.14 bits per heavy atom. The van der Waals surface area contributed by atoms with E-state index >= 15 is 0 Å². The van der Waals surface area contributed by atoms with Crippen LogP contribution in [0.1, 0.15) is 103 Å². The first kappa shape index (κ1) is 41.3. The highest BCUT2D eigenvalue weighted by Crippen LogP contribution is 2.55. The second kappa shape index (κ2) is 15.9. The number of ketones is 1. The number of nitrogens with zero attached hydrogens (tertiary/aromatic N) is 2. The van der Waals surface area contributed by atoms with E-state index in [1.54, 1.807) is 27.7 Å². The van der Waals surface area contributed by atoms with Gasteiger partial charge in [-0.1, -0.05) is 95.6 Å². The van der Waals surface area contributed by atoms with E-state index in [0.29, 0.717) is 47.9 Å². The standard InChI is InChI=1S/C50H52N4O7S2/c1-27-4-6-31(40(57)18-27)41(58)19-28(55)5-7-29-36-24-62-63-26-50-15-12-30-34-21-52-38-23-54(22-35(34)38)48-37(10-11-39(56)32-8-9-33(45(50)44(30)32)47(51)53-25-50)49(13-2-3-14-49)16-17-60-43(20-42(29)59)46(36)61-48/h4,6,8-9,12,15,20-22,27,30-31,37,39-41,47-48,53,56-59H,2-3,5,7,13-14,18-19,23-26,51H2,1H3. The minimum Gasteiger partial charge on any atom is -0.508 e. The molecule has 326 valence electrons. The summed E-state index contributed by atoms with van der Waals surface area (Å²) in [5.41, 5.74) is 14.0. The summed E-state index contributed by atoms with van der Waals surface area (Å²) in [4.78, 5) is 20.9. The van der Waals surface area contributed by atoms with E-state index in [2.05, 4.69) is 58.5 Å². The van der Waals surface area contributed by atoms with Crippen molar-refractivity contribution in [1.82, 2.24) is 10.2 Å². The van der Waals surface area contributed by atoms with Crippen molar-refractivity contribution in [3.05, 3.63) is 99.4 Å². The number of phenols is 1. The summed E-state index contributed by atoms with van der Waals surface area (Å²) in [5, 5.41) is 49.7. The molecule has 2 aromatic carbocycles. The molecule has 10 unspecified atom stereocenters. The molecule has 0 amide bonds. The third-order valence-electron chi connectivity index (χ3n) is 15.0. The van der Waals surface area contributed by atoms with Gasteiger partial charge >= 0.3 is 0 Å². The van der Waals surface area contributed by atoms with Gasteiger partial charge in [-0.2, -0.15) is 0 Å². The molecule has 3 aliphatic carbocycles. The van der Waals surface area contributed by atoms with E-state index in [1.165, 1.54) is 0 Å². The number of carbonyl (C=O) groups is 1. The number of benzene rings is 2. The van der Waals surface area contributed by atoms with Gasteiger partial charge in [0.1, 0.15) is 23.7 Å². The Kier molecular flexibility index (Phi) is 10.4. The lowest BCUT2D eigenvalue weighted by Gasteiger charge is -2.46. The summed E-state index contributed by atoms with van der Waals surface area (Å²) in [7, 11) is 3.36. The van der Waals surface area contributed by atoms with Gasteiger partial charge in [0.15, 0.2) is 17.7 Å². The summed E-state index contributed by atoms with van der Waals surface area (Å²) >= 11 is 0. The number of aliphatic imine (C=N–C) groups is 1. The Bertz CT molecular complexity index is 2570. The number of allylic oxidation sites excluding steroid dienone is 3. The number of hydrogen-bond acceptors (Lipinski definition) is 13. The number of phenolic OH excluding ortho intramolecular Hbond substituents is 1. The number of ether oxygens (including phenoxy) is 2. The van der Waals surface area contributed by atoms with Gasteiger partial charge in [0, 0.05) is 83.3 Å². The molecule has 1 saturated carbocycles. The van der Waals surface area contributed by atoms with Crippen molar-refractivity contribution in [3.8, 4) is 41.1 Å². The van der Waals surface area contributed by atoms with Crippen LogP contribution in [0.3, 0.4) is 0 Å². The average molecular weight is 885 g/mol. The van der Waals surface area contributed by atoms with Crippen LogP contribution in [0.25, 0.3) is 0 Å². The Hall–Kier alpha value is -4.44. The zero-order valence-corrected chi connectivity index (χ0v) is 36.8. The van der Waals surface area contributed by atoms with E-state index in [-0.39, 0.29) is 54.5 Å². The number of fused-ring (bicyclic) bond motifs is 1. The molecule has 11 aliphatic rings. The average Bonchev–Trinajstić information content (AvgIpc) is 4.01. The molecule has 0 radical (unpaired) electrons. The lowest BCUT2D eigenvalue weighted by atomic mass is 9.64. The zero-order valence-electron chi connectivity index (χ0n) is 35.2. The zero-order chi connectivity index (χ0) is 43.2. The van der Waals surface area contributed by atoms with Crippen LogP contribution in [0.2, 0.25) is 0 Å². The topological polar surface area (TPSA) is 170 Å². The van der Waals surface area contributed by atoms with Crippen molar-refractivity contribution < 1.29 is 34.7 Å². The van der Waals surface area contributed by atoms with Crippen LogP contribution in [0.4, 0.5) is 0 Å². The van der Waals surface area contributed by atoms with Crippen molar-refractivity contribution in [2.75, 3.05) is 18.8 Å². The number of hydrogen-bond donors (Lipinski definition) is 6. The summed E-state index contributed by atoms with van der Waals surface area (Å²) in [6.07, 6.45) is 15.8. The lowest BCUT2D eigenvalue weighted by Crippen LogP contribution is -2.50. The maximum absolute atomic E-state index is 13.7. The molecule has 0 aromatic heterocycles. The van der Waals surface area contributed by atoms with Gasteiger partial charge in [0.2, 0.25) is 0 Å². The number of carbonyl (C=O) groups excluding carboxylic acids is 1. The van der Waals surface area contributed by atoms with Crippen molar-refractivity contribution in [2.45, 2.75) is 106 Å². The van der Waals surface area contributed by atoms with Crippen LogP contribution in [-0.4, -0.2) is 74.1 Å². The van der Waals surface area contributed by atoms with Crippen molar-refractivity contribution >= 4 is 33.1 Å². The van der Waals surface area contributed by atoms with E-state index in [9.17, 15) is 25.2 Å². The highest BCUT2D eigenvalue weighted by molar-refractivity contribution is 8.76. The summed E-state index contributed by atoms with van der Waals surface area (Å²) in [6, 6.07) is 5.62. The van der Waals surface area contributed by atoms with Crippen LogP contribution < -0.4 is 20.5 Å². The highest BCUT2D eigenvalue weighted by atomic mass is 33.1. The van der Waals surface area contributed by atoms with Gasteiger partial charge in [0.05, 0.1) is 42.0 Å². The highest BCUT2D eigenvalue weighted by Gasteiger charge is 2.51. The molecule has 10 bridgehead atoms. The Morgan fingerprint density at radius 2 is 1.98 bits per heavy atom. The summed E-state index contributed by atoms with van der Waals surface area (Å²) in [5.74, 6) is 11.1. The van der Waals surface area contributed by atoms with Gasteiger partial charge < -0.3 is 40.5 Å². The van der Waals surface area contributed by atoms with E-state index < -0.39 is 47.2 Å². The number of rotatable bonds is 6. The largest absolute Gasteiger partial charge is 0.508 e. The molecule has 2 aromatic rings. The minimum absolute atomic E-state index is 0.0271. The molecular weight excluding hydrogens is 833 g/mol. The quantitative estimate of drug-likeness (QED) is 0.112. The third-order valence-corrected chi connectivity index (χ3v) is 17.4. The molecule has 0 saturated heterocycles. The normalized spacial score (nSPS) is 32.9. The monoisotopic (exact) mass is 884 g/mol. The number of nitrogens with two attached hydrogens (primary N) is 1. The van der Waals surface area contributed by atoms with Gasteiger partial charge in [-0.25, -0.2) is 0 Å². The number of aliphatic hydroxyl groups excluding tert-OH is 3. The first-order chi connectivity index (χ1) is 30.5. The molecule has 8 heterocycles. The Labute approximate surface area is 375 Å². The molecule has 1 fully saturated rings. The van der Waals surface area contributed by atoms with Crippen LogP contribution in [0.5, 0.6) is 17.2 Å². The van der Waals surface area contributed by atoms with Gasteiger partial charge in [-0.05, 0) is 59.4 Å². The van der Waals surface area contributed by atoms with Crippen molar-refractivity contribution in [1.29, 1.82) is 0 Å². The van der Waals surface area contributed by atoms with Gasteiger partial charge in [-0.3, -0.25) is 15.1 Å². The summed E-state index contributed by atoms with van der Waals surface area (Å²) in [6.45, 7) is 3.09. The van der Waals surface area contributed by atoms with E-state index in [1.807, 2.05) is 31.3 Å². The van der Waals surface area contributed by atoms with Crippen molar-refractivity contribution in [3.63, 3.8) is 0 Å². The molecule has 13 heteroatoms. The van der Waals surface area contributed by atoms with Gasteiger partial charge in [0.25, 0.3) is 0 Å². The maximum Gasteiger partial charge on any atom is 0.187 e. The van der Waals surface area contributed by atoms with E-state index in [4.69, 9.17) is 20.2 Å². The molecule has 13 rings (SSSR count). The molecule has 7 N–H and O–H groups in total. The third kappa shape index (κ3) is 6.89. The molecule has 8 aliphatic heterocycles.